The fraction of sp³-hybridized carbons (Fsp3) is 0.375. The number of nitrogens with zero attached hydrogens (tertiary/aromatic N) is 1. The number of rotatable bonds is 7. The number of aryl methyl sites for hydroxylation is 2. The predicted octanol–water partition coefficient (Wildman–Crippen LogP) is 4.59. The Morgan fingerprint density at radius 2 is 1.72 bits per heavy atom. The topological polar surface area (TPSA) is 43.6 Å². The minimum Gasteiger partial charge on any atom is -0.495 e. The minimum absolute atomic E-state index is 0.761. The summed E-state index contributed by atoms with van der Waals surface area (Å²) in [4.78, 5) is 0. The van der Waals surface area contributed by atoms with Crippen molar-refractivity contribution in [2.45, 2.75) is 32.7 Å². The number of ether oxygens (including phenoxy) is 3. The summed E-state index contributed by atoms with van der Waals surface area (Å²) in [7, 11) is 5.10. The van der Waals surface area contributed by atoms with Gasteiger partial charge in [0.05, 0.1) is 38.0 Å². The Morgan fingerprint density at radius 3 is 2.45 bits per heavy atom. The largest absolute Gasteiger partial charge is 0.495 e. The number of benzene rings is 2. The Labute approximate surface area is 172 Å². The molecule has 1 aliphatic rings. The Balaban J connectivity index is 1.86. The molecule has 4 rings (SSSR count). The van der Waals surface area contributed by atoms with E-state index in [2.05, 4.69) is 47.3 Å². The summed E-state index contributed by atoms with van der Waals surface area (Å²) >= 11 is 0. The lowest BCUT2D eigenvalue weighted by Crippen LogP contribution is -2.40. The SMILES string of the molecule is CCCCNc1c(OC)ccc2cc3[n+](cc12)CCc1cc(OC)c(OC)cc1-3. The first-order chi connectivity index (χ1) is 14.2. The van der Waals surface area contributed by atoms with Gasteiger partial charge in [0, 0.05) is 19.0 Å². The van der Waals surface area contributed by atoms with Crippen LogP contribution in [-0.4, -0.2) is 27.9 Å². The van der Waals surface area contributed by atoms with Crippen molar-refractivity contribution in [2.75, 3.05) is 33.2 Å². The van der Waals surface area contributed by atoms with E-state index < -0.39 is 0 Å². The zero-order valence-electron chi connectivity index (χ0n) is 17.7. The average molecular weight is 394 g/mol. The van der Waals surface area contributed by atoms with Crippen LogP contribution in [0.5, 0.6) is 17.2 Å². The number of nitrogens with one attached hydrogen (secondary N) is 1. The molecule has 0 aliphatic carbocycles. The maximum atomic E-state index is 5.64. The summed E-state index contributed by atoms with van der Waals surface area (Å²) in [6, 6.07) is 10.6. The molecule has 2 aromatic carbocycles. The first-order valence-electron chi connectivity index (χ1n) is 10.2. The highest BCUT2D eigenvalue weighted by molar-refractivity contribution is 5.97. The Bertz CT molecular complexity index is 1050. The molecule has 1 aromatic heterocycles. The average Bonchev–Trinajstić information content (AvgIpc) is 2.76. The highest BCUT2D eigenvalue weighted by atomic mass is 16.5. The maximum Gasteiger partial charge on any atom is 0.213 e. The van der Waals surface area contributed by atoms with Gasteiger partial charge in [-0.05, 0) is 35.6 Å². The molecule has 5 nitrogen and oxygen atoms in total. The fourth-order valence-corrected chi connectivity index (χ4v) is 4.10. The monoisotopic (exact) mass is 393 g/mol. The highest BCUT2D eigenvalue weighted by Crippen LogP contribution is 2.39. The van der Waals surface area contributed by atoms with Crippen LogP contribution in [0.3, 0.4) is 0 Å². The quantitative estimate of drug-likeness (QED) is 0.471. The smallest absolute Gasteiger partial charge is 0.213 e. The molecular formula is C24H29N2O3+. The van der Waals surface area contributed by atoms with Crippen LogP contribution in [0.4, 0.5) is 5.69 Å². The van der Waals surface area contributed by atoms with E-state index in [9.17, 15) is 0 Å². The number of anilines is 1. The third kappa shape index (κ3) is 3.46. The molecule has 0 spiro atoms. The molecule has 0 saturated carbocycles. The molecule has 152 valence electrons. The number of aromatic nitrogens is 1. The van der Waals surface area contributed by atoms with Crippen molar-refractivity contribution in [2.24, 2.45) is 0 Å². The van der Waals surface area contributed by atoms with Gasteiger partial charge >= 0.3 is 0 Å². The Morgan fingerprint density at radius 1 is 0.966 bits per heavy atom. The summed E-state index contributed by atoms with van der Waals surface area (Å²) in [5.74, 6) is 2.43. The van der Waals surface area contributed by atoms with Crippen molar-refractivity contribution in [1.29, 1.82) is 0 Å². The van der Waals surface area contributed by atoms with Gasteiger partial charge in [-0.1, -0.05) is 19.4 Å². The van der Waals surface area contributed by atoms with Crippen LogP contribution < -0.4 is 24.1 Å². The number of fused-ring (bicyclic) bond motifs is 4. The van der Waals surface area contributed by atoms with Gasteiger partial charge < -0.3 is 19.5 Å². The van der Waals surface area contributed by atoms with Gasteiger partial charge in [-0.3, -0.25) is 0 Å². The van der Waals surface area contributed by atoms with E-state index in [1.54, 1.807) is 21.3 Å². The second-order valence-electron chi connectivity index (χ2n) is 7.39. The van der Waals surface area contributed by atoms with Crippen LogP contribution in [0, 0.1) is 0 Å². The number of pyridine rings is 1. The van der Waals surface area contributed by atoms with Crippen molar-refractivity contribution < 1.29 is 18.8 Å². The van der Waals surface area contributed by atoms with Crippen LogP contribution in [0.2, 0.25) is 0 Å². The molecule has 29 heavy (non-hydrogen) atoms. The van der Waals surface area contributed by atoms with Crippen LogP contribution in [0.25, 0.3) is 22.0 Å². The number of hydrogen-bond acceptors (Lipinski definition) is 4. The summed E-state index contributed by atoms with van der Waals surface area (Å²) in [6.45, 7) is 4.07. The van der Waals surface area contributed by atoms with Crippen LogP contribution in [0.15, 0.2) is 36.5 Å². The summed E-state index contributed by atoms with van der Waals surface area (Å²) in [6.07, 6.45) is 5.50. The van der Waals surface area contributed by atoms with Crippen molar-refractivity contribution in [3.63, 3.8) is 0 Å². The highest BCUT2D eigenvalue weighted by Gasteiger charge is 2.26. The van der Waals surface area contributed by atoms with E-state index >= 15 is 0 Å². The predicted molar refractivity (Wildman–Crippen MR) is 116 cm³/mol. The van der Waals surface area contributed by atoms with Crippen molar-refractivity contribution in [3.05, 3.63) is 42.1 Å². The third-order valence-electron chi connectivity index (χ3n) is 5.69. The zero-order valence-corrected chi connectivity index (χ0v) is 17.7. The molecule has 0 amide bonds. The van der Waals surface area contributed by atoms with Gasteiger partial charge in [-0.2, -0.15) is 4.57 Å². The first kappa shape index (κ1) is 19.4. The van der Waals surface area contributed by atoms with Crippen molar-refractivity contribution in [3.8, 4) is 28.5 Å². The van der Waals surface area contributed by atoms with E-state index in [1.807, 2.05) is 6.07 Å². The Hall–Kier alpha value is -2.95. The van der Waals surface area contributed by atoms with Crippen molar-refractivity contribution >= 4 is 16.5 Å². The maximum absolute atomic E-state index is 5.64. The van der Waals surface area contributed by atoms with Crippen molar-refractivity contribution in [1.82, 2.24) is 0 Å². The molecular weight excluding hydrogens is 364 g/mol. The van der Waals surface area contributed by atoms with Crippen LogP contribution in [-0.2, 0) is 13.0 Å². The van der Waals surface area contributed by atoms with E-state index in [-0.39, 0.29) is 0 Å². The van der Waals surface area contributed by atoms with Gasteiger partial charge in [0.1, 0.15) is 5.75 Å². The second-order valence-corrected chi connectivity index (χ2v) is 7.39. The molecule has 0 unspecified atom stereocenters. The third-order valence-corrected chi connectivity index (χ3v) is 5.69. The minimum atomic E-state index is 0.761. The standard InChI is InChI=1S/C24H28N2O3/c1-5-6-10-25-24-19-15-26-11-9-17-13-22(28-3)23(29-4)14-18(17)20(26)12-16(19)7-8-21(24)27-2/h7-8,12-15H,5-6,9-11H2,1-4H3/p+1. The summed E-state index contributed by atoms with van der Waals surface area (Å²) < 4.78 is 19.0. The molecule has 1 aliphatic heterocycles. The van der Waals surface area contributed by atoms with Gasteiger partial charge in [0.25, 0.3) is 0 Å². The normalized spacial score (nSPS) is 12.3. The Kier molecular flexibility index (Phi) is 5.47. The van der Waals surface area contributed by atoms with Gasteiger partial charge in [-0.15, -0.1) is 0 Å². The molecule has 0 atom stereocenters. The molecule has 0 fully saturated rings. The fourth-order valence-electron chi connectivity index (χ4n) is 4.10. The lowest BCUT2D eigenvalue weighted by Gasteiger charge is -2.19. The lowest BCUT2D eigenvalue weighted by atomic mass is 9.95. The number of hydrogen-bond donors (Lipinski definition) is 1. The van der Waals surface area contributed by atoms with Gasteiger partial charge in [0.2, 0.25) is 5.69 Å². The number of unbranched alkanes of at least 4 members (excludes halogenated alkanes) is 1. The van der Waals surface area contributed by atoms with E-state index in [4.69, 9.17) is 14.2 Å². The first-order valence-corrected chi connectivity index (χ1v) is 10.2. The summed E-state index contributed by atoms with van der Waals surface area (Å²) in [5, 5.41) is 5.97. The summed E-state index contributed by atoms with van der Waals surface area (Å²) in [5.41, 5.74) is 4.76. The van der Waals surface area contributed by atoms with E-state index in [1.165, 1.54) is 27.6 Å². The van der Waals surface area contributed by atoms with E-state index in [0.717, 1.165) is 55.3 Å². The molecule has 0 bridgehead atoms. The van der Waals surface area contributed by atoms with E-state index in [0.29, 0.717) is 0 Å². The van der Waals surface area contributed by atoms with Crippen LogP contribution in [0.1, 0.15) is 25.3 Å². The lowest BCUT2D eigenvalue weighted by molar-refractivity contribution is -0.686. The molecule has 0 radical (unpaired) electrons. The van der Waals surface area contributed by atoms with Crippen LogP contribution >= 0.6 is 0 Å². The molecule has 3 aromatic rings. The van der Waals surface area contributed by atoms with Gasteiger partial charge in [0.15, 0.2) is 24.2 Å². The molecule has 0 saturated heterocycles. The number of methoxy groups -OCH3 is 3. The van der Waals surface area contributed by atoms with Gasteiger partial charge in [-0.25, -0.2) is 0 Å². The molecule has 2 heterocycles. The zero-order chi connectivity index (χ0) is 20.4. The molecule has 1 N–H and O–H groups in total. The molecule has 5 heteroatoms. The second kappa shape index (κ2) is 8.19.